The summed E-state index contributed by atoms with van der Waals surface area (Å²) in [5.41, 5.74) is 0. The second kappa shape index (κ2) is 11.3. The molecule has 2 aromatic carbocycles. The predicted octanol–water partition coefficient (Wildman–Crippen LogP) is 3.15. The van der Waals surface area contributed by atoms with E-state index >= 15 is 0 Å². The molecule has 2 aromatic rings. The zero-order valence-corrected chi connectivity index (χ0v) is 14.6. The van der Waals surface area contributed by atoms with Crippen LogP contribution in [-0.4, -0.2) is 39.9 Å². The third-order valence-electron chi connectivity index (χ3n) is 3.37. The highest BCUT2D eigenvalue weighted by atomic mass is 31.1. The lowest BCUT2D eigenvalue weighted by Crippen LogP contribution is -2.16. The predicted molar refractivity (Wildman–Crippen MR) is 97.2 cm³/mol. The Hall–Kier alpha value is -1.25. The summed E-state index contributed by atoms with van der Waals surface area (Å²) in [6.45, 7) is 2.55. The lowest BCUT2D eigenvalue weighted by atomic mass is 10.4. The van der Waals surface area contributed by atoms with Crippen LogP contribution in [0, 0.1) is 0 Å². The highest BCUT2D eigenvalue weighted by Crippen LogP contribution is 2.32. The summed E-state index contributed by atoms with van der Waals surface area (Å²) in [6, 6.07) is 21.5. The third kappa shape index (κ3) is 6.80. The molecule has 124 valence electrons. The van der Waals surface area contributed by atoms with Gasteiger partial charge in [-0.2, -0.15) is 0 Å². The van der Waals surface area contributed by atoms with E-state index in [1.807, 2.05) is 0 Å². The molecule has 0 atom stereocenters. The topological polar surface area (TPSA) is 27.7 Å². The van der Waals surface area contributed by atoms with Crippen molar-refractivity contribution in [1.82, 2.24) is 0 Å². The van der Waals surface area contributed by atoms with Gasteiger partial charge in [-0.1, -0.05) is 60.7 Å². The molecule has 0 spiro atoms. The maximum atomic E-state index is 5.78. The van der Waals surface area contributed by atoms with Crippen LogP contribution in [0.1, 0.15) is 6.42 Å². The molecule has 4 heteroatoms. The molecule has 0 amide bonds. The highest BCUT2D eigenvalue weighted by molar-refractivity contribution is 7.73. The molecule has 3 nitrogen and oxygen atoms in total. The standard InChI is InChI=1S/C19H25O3P/c1-20-17-22-14-8-13-21-15-16-23(18-9-4-2-5-10-18)19-11-6-3-7-12-19/h2-7,9-12H,8,13-17H2,1H3. The Morgan fingerprint density at radius 1 is 0.739 bits per heavy atom. The number of methoxy groups -OCH3 is 1. The van der Waals surface area contributed by atoms with Crippen LogP contribution in [0.25, 0.3) is 0 Å². The normalized spacial score (nSPS) is 11.0. The van der Waals surface area contributed by atoms with E-state index in [9.17, 15) is 0 Å². The van der Waals surface area contributed by atoms with E-state index < -0.39 is 0 Å². The fraction of sp³-hybridized carbons (Fsp3) is 0.368. The molecule has 0 bridgehead atoms. The summed E-state index contributed by atoms with van der Waals surface area (Å²) in [5.74, 6) is 0. The van der Waals surface area contributed by atoms with Crippen molar-refractivity contribution in [3.05, 3.63) is 60.7 Å². The van der Waals surface area contributed by atoms with Crippen molar-refractivity contribution in [2.75, 3.05) is 39.9 Å². The lowest BCUT2D eigenvalue weighted by molar-refractivity contribution is -0.0363. The smallest absolute Gasteiger partial charge is 0.146 e. The van der Waals surface area contributed by atoms with Crippen LogP contribution in [0.2, 0.25) is 0 Å². The first-order chi connectivity index (χ1) is 11.4. The minimum absolute atomic E-state index is 0.354. The maximum absolute atomic E-state index is 5.78. The Morgan fingerprint density at radius 2 is 1.30 bits per heavy atom. The molecule has 0 saturated carbocycles. The van der Waals surface area contributed by atoms with Crippen LogP contribution < -0.4 is 10.6 Å². The monoisotopic (exact) mass is 332 g/mol. The summed E-state index contributed by atoms with van der Waals surface area (Å²) < 4.78 is 15.9. The van der Waals surface area contributed by atoms with Gasteiger partial charge in [0.25, 0.3) is 0 Å². The molecule has 23 heavy (non-hydrogen) atoms. The van der Waals surface area contributed by atoms with Crippen molar-refractivity contribution in [3.8, 4) is 0 Å². The molecule has 2 rings (SSSR count). The lowest BCUT2D eigenvalue weighted by Gasteiger charge is -2.18. The Kier molecular flexibility index (Phi) is 8.90. The molecule has 0 aliphatic heterocycles. The molecular weight excluding hydrogens is 307 g/mol. The molecule has 0 fully saturated rings. The largest absolute Gasteiger partial charge is 0.381 e. The van der Waals surface area contributed by atoms with E-state index in [2.05, 4.69) is 60.7 Å². The molecule has 0 aliphatic carbocycles. The summed E-state index contributed by atoms with van der Waals surface area (Å²) in [5, 5.41) is 2.81. The summed E-state index contributed by atoms with van der Waals surface area (Å²) in [7, 11) is 1.27. The Labute approximate surface area is 140 Å². The number of rotatable bonds is 11. The van der Waals surface area contributed by atoms with Gasteiger partial charge in [0.2, 0.25) is 0 Å². The Bertz CT molecular complexity index is 479. The minimum atomic E-state index is -0.357. The number of ether oxygens (including phenoxy) is 3. The van der Waals surface area contributed by atoms with Gasteiger partial charge >= 0.3 is 0 Å². The van der Waals surface area contributed by atoms with Gasteiger partial charge < -0.3 is 14.2 Å². The van der Waals surface area contributed by atoms with E-state index in [4.69, 9.17) is 14.2 Å². The van der Waals surface area contributed by atoms with E-state index in [1.54, 1.807) is 7.11 Å². The molecule has 0 radical (unpaired) electrons. The number of hydrogen-bond acceptors (Lipinski definition) is 3. The van der Waals surface area contributed by atoms with Gasteiger partial charge in [-0.3, -0.25) is 0 Å². The molecular formula is C19H25O3P. The highest BCUT2D eigenvalue weighted by Gasteiger charge is 2.12. The second-order valence-corrected chi connectivity index (χ2v) is 7.44. The fourth-order valence-electron chi connectivity index (χ4n) is 2.29. The summed E-state index contributed by atoms with van der Waals surface area (Å²) in [6.07, 6.45) is 1.94. The van der Waals surface area contributed by atoms with Gasteiger partial charge in [-0.25, -0.2) is 0 Å². The summed E-state index contributed by atoms with van der Waals surface area (Å²) in [4.78, 5) is 0. The van der Waals surface area contributed by atoms with Gasteiger partial charge in [-0.15, -0.1) is 0 Å². The quantitative estimate of drug-likeness (QED) is 0.359. The molecule has 0 saturated heterocycles. The van der Waals surface area contributed by atoms with Crippen molar-refractivity contribution in [2.24, 2.45) is 0 Å². The van der Waals surface area contributed by atoms with Crippen LogP contribution in [0.15, 0.2) is 60.7 Å². The first-order valence-electron chi connectivity index (χ1n) is 7.94. The van der Waals surface area contributed by atoms with E-state index in [-0.39, 0.29) is 7.92 Å². The van der Waals surface area contributed by atoms with Crippen molar-refractivity contribution in [2.45, 2.75) is 6.42 Å². The van der Waals surface area contributed by atoms with Crippen molar-refractivity contribution >= 4 is 18.5 Å². The van der Waals surface area contributed by atoms with Crippen LogP contribution in [0.5, 0.6) is 0 Å². The van der Waals surface area contributed by atoms with Gasteiger partial charge in [0.1, 0.15) is 6.79 Å². The van der Waals surface area contributed by atoms with Gasteiger partial charge in [0.15, 0.2) is 0 Å². The van der Waals surface area contributed by atoms with E-state index in [0.29, 0.717) is 13.4 Å². The Balaban J connectivity index is 1.80. The zero-order chi connectivity index (χ0) is 16.2. The van der Waals surface area contributed by atoms with E-state index in [1.165, 1.54) is 10.6 Å². The molecule has 0 aliphatic rings. The van der Waals surface area contributed by atoms with Crippen molar-refractivity contribution < 1.29 is 14.2 Å². The van der Waals surface area contributed by atoms with Crippen molar-refractivity contribution in [3.63, 3.8) is 0 Å². The molecule has 0 heterocycles. The first-order valence-corrected chi connectivity index (χ1v) is 9.46. The zero-order valence-electron chi connectivity index (χ0n) is 13.7. The van der Waals surface area contributed by atoms with Crippen molar-refractivity contribution in [1.29, 1.82) is 0 Å². The second-order valence-electron chi connectivity index (χ2n) is 5.10. The molecule has 0 aromatic heterocycles. The number of benzene rings is 2. The van der Waals surface area contributed by atoms with Gasteiger partial charge in [0, 0.05) is 13.7 Å². The minimum Gasteiger partial charge on any atom is -0.381 e. The Morgan fingerprint density at radius 3 is 1.87 bits per heavy atom. The average Bonchev–Trinajstić information content (AvgIpc) is 2.62. The fourth-order valence-corrected chi connectivity index (χ4v) is 4.48. The number of hydrogen-bond donors (Lipinski definition) is 0. The summed E-state index contributed by atoms with van der Waals surface area (Å²) >= 11 is 0. The third-order valence-corrected chi connectivity index (χ3v) is 5.85. The van der Waals surface area contributed by atoms with Crippen LogP contribution in [0.4, 0.5) is 0 Å². The SMILES string of the molecule is COCOCCCOCCP(c1ccccc1)c1ccccc1. The van der Waals surface area contributed by atoms with E-state index in [0.717, 1.165) is 25.8 Å². The first kappa shape index (κ1) is 18.1. The van der Waals surface area contributed by atoms with Crippen LogP contribution in [-0.2, 0) is 14.2 Å². The maximum Gasteiger partial charge on any atom is 0.146 e. The molecule has 0 unspecified atom stereocenters. The van der Waals surface area contributed by atoms with Crippen LogP contribution in [0.3, 0.4) is 0 Å². The van der Waals surface area contributed by atoms with Crippen LogP contribution >= 0.6 is 7.92 Å². The molecule has 0 N–H and O–H groups in total. The van der Waals surface area contributed by atoms with Gasteiger partial charge in [0.05, 0.1) is 13.2 Å². The van der Waals surface area contributed by atoms with Gasteiger partial charge in [-0.05, 0) is 31.1 Å². The average molecular weight is 332 g/mol.